The zero-order valence-corrected chi connectivity index (χ0v) is 17.9. The Kier molecular flexibility index (Phi) is 5.86. The van der Waals surface area contributed by atoms with Crippen LogP contribution < -0.4 is 5.32 Å². The highest BCUT2D eigenvalue weighted by Gasteiger charge is 2.13. The molecule has 4 rings (SSSR count). The van der Waals surface area contributed by atoms with Crippen LogP contribution in [0.5, 0.6) is 0 Å². The molecule has 0 aliphatic carbocycles. The second-order valence-corrected chi connectivity index (χ2v) is 7.93. The number of para-hydroxylation sites is 2. The third kappa shape index (κ3) is 4.24. The van der Waals surface area contributed by atoms with Gasteiger partial charge in [0.2, 0.25) is 0 Å². The number of fused-ring (bicyclic) bond motifs is 1. The second-order valence-electron chi connectivity index (χ2n) is 7.52. The van der Waals surface area contributed by atoms with Crippen LogP contribution in [0.1, 0.15) is 32.9 Å². The Morgan fingerprint density at radius 2 is 1.80 bits per heavy atom. The Hall–Kier alpha value is -3.11. The Morgan fingerprint density at radius 1 is 1.03 bits per heavy atom. The summed E-state index contributed by atoms with van der Waals surface area (Å²) in [6.07, 6.45) is 0.635. The van der Waals surface area contributed by atoms with Gasteiger partial charge in [-0.25, -0.2) is 4.98 Å². The van der Waals surface area contributed by atoms with Gasteiger partial charge in [0.25, 0.3) is 5.91 Å². The number of hydrogen-bond acceptors (Lipinski definition) is 2. The number of halogens is 1. The smallest absolute Gasteiger partial charge is 0.251 e. The highest BCUT2D eigenvalue weighted by molar-refractivity contribution is 6.31. The number of nitrogens with zero attached hydrogens (tertiary/aromatic N) is 2. The van der Waals surface area contributed by atoms with E-state index in [4.69, 9.17) is 16.6 Å². The summed E-state index contributed by atoms with van der Waals surface area (Å²) < 4.78 is 2.18. The number of nitrogens with one attached hydrogen (secondary N) is 1. The van der Waals surface area contributed by atoms with Gasteiger partial charge in [0, 0.05) is 23.6 Å². The van der Waals surface area contributed by atoms with E-state index in [0.29, 0.717) is 25.1 Å². The molecule has 0 radical (unpaired) electrons. The number of aryl methyl sites for hydroxylation is 2. The topological polar surface area (TPSA) is 46.9 Å². The lowest BCUT2D eigenvalue weighted by Gasteiger charge is -2.12. The maximum absolute atomic E-state index is 12.6. The van der Waals surface area contributed by atoms with Crippen LogP contribution in [0.25, 0.3) is 11.0 Å². The first kappa shape index (κ1) is 20.2. The molecule has 5 heteroatoms. The fourth-order valence-corrected chi connectivity index (χ4v) is 3.94. The van der Waals surface area contributed by atoms with Crippen LogP contribution in [-0.2, 0) is 13.0 Å². The first-order valence-electron chi connectivity index (χ1n) is 10.1. The number of aromatic nitrogens is 2. The van der Waals surface area contributed by atoms with Crippen molar-refractivity contribution in [1.29, 1.82) is 0 Å². The molecular weight excluding hydrogens is 394 g/mol. The van der Waals surface area contributed by atoms with Crippen molar-refractivity contribution in [3.05, 3.63) is 99.8 Å². The van der Waals surface area contributed by atoms with Crippen molar-refractivity contribution in [2.75, 3.05) is 6.54 Å². The molecule has 152 valence electrons. The number of benzene rings is 3. The molecule has 0 aliphatic heterocycles. The van der Waals surface area contributed by atoms with Crippen LogP contribution in [0.3, 0.4) is 0 Å². The number of carbonyl (C=O) groups is 1. The number of imidazole rings is 1. The van der Waals surface area contributed by atoms with E-state index in [-0.39, 0.29) is 5.91 Å². The van der Waals surface area contributed by atoms with Gasteiger partial charge in [-0.05, 0) is 49.2 Å². The lowest BCUT2D eigenvalue weighted by atomic mass is 10.1. The summed E-state index contributed by atoms with van der Waals surface area (Å²) in [5.74, 6) is 0.873. The summed E-state index contributed by atoms with van der Waals surface area (Å²) in [6, 6.07) is 21.8. The van der Waals surface area contributed by atoms with Gasteiger partial charge in [-0.1, -0.05) is 59.6 Å². The summed E-state index contributed by atoms with van der Waals surface area (Å²) in [6.45, 7) is 5.14. The fraction of sp³-hybridized carbons (Fsp3) is 0.200. The first-order valence-corrected chi connectivity index (χ1v) is 10.4. The van der Waals surface area contributed by atoms with Crippen molar-refractivity contribution in [1.82, 2.24) is 14.9 Å². The minimum absolute atomic E-state index is 0.0544. The molecule has 0 aliphatic rings. The van der Waals surface area contributed by atoms with E-state index in [0.717, 1.165) is 38.6 Å². The van der Waals surface area contributed by atoms with Crippen LogP contribution in [0.15, 0.2) is 66.7 Å². The van der Waals surface area contributed by atoms with Gasteiger partial charge in [0.15, 0.2) is 0 Å². The van der Waals surface area contributed by atoms with Crippen LogP contribution >= 0.6 is 11.6 Å². The molecule has 0 atom stereocenters. The van der Waals surface area contributed by atoms with Crippen molar-refractivity contribution < 1.29 is 4.79 Å². The number of hydrogen-bond donors (Lipinski definition) is 1. The molecule has 0 spiro atoms. The Bertz CT molecular complexity index is 1210. The van der Waals surface area contributed by atoms with Gasteiger partial charge < -0.3 is 9.88 Å². The molecule has 0 bridgehead atoms. The zero-order valence-electron chi connectivity index (χ0n) is 17.2. The molecule has 4 aromatic rings. The van der Waals surface area contributed by atoms with Gasteiger partial charge in [-0.15, -0.1) is 0 Å². The molecular formula is C25H24ClN3O. The van der Waals surface area contributed by atoms with E-state index in [1.54, 1.807) is 0 Å². The molecule has 4 nitrogen and oxygen atoms in total. The average molecular weight is 418 g/mol. The number of amides is 1. The number of rotatable bonds is 6. The van der Waals surface area contributed by atoms with E-state index in [1.165, 1.54) is 0 Å². The van der Waals surface area contributed by atoms with E-state index in [9.17, 15) is 4.79 Å². The molecule has 0 fully saturated rings. The monoisotopic (exact) mass is 417 g/mol. The Labute approximate surface area is 181 Å². The SMILES string of the molecule is Cc1ccc(C(=O)NCCc2nc3ccccc3n2Cc2ccccc2Cl)c(C)c1. The summed E-state index contributed by atoms with van der Waals surface area (Å²) in [7, 11) is 0. The Balaban J connectivity index is 1.54. The van der Waals surface area contributed by atoms with E-state index >= 15 is 0 Å². The summed E-state index contributed by atoms with van der Waals surface area (Å²) in [5.41, 5.74) is 5.90. The molecule has 1 amide bonds. The van der Waals surface area contributed by atoms with Crippen LogP contribution in [0, 0.1) is 13.8 Å². The molecule has 0 saturated heterocycles. The third-order valence-electron chi connectivity index (χ3n) is 5.28. The van der Waals surface area contributed by atoms with E-state index in [1.807, 2.05) is 74.5 Å². The molecule has 3 aromatic carbocycles. The zero-order chi connectivity index (χ0) is 21.1. The van der Waals surface area contributed by atoms with Crippen molar-refractivity contribution in [3.63, 3.8) is 0 Å². The van der Waals surface area contributed by atoms with Crippen molar-refractivity contribution in [2.24, 2.45) is 0 Å². The van der Waals surface area contributed by atoms with Gasteiger partial charge in [-0.3, -0.25) is 4.79 Å². The Morgan fingerprint density at radius 3 is 2.60 bits per heavy atom. The van der Waals surface area contributed by atoms with E-state index in [2.05, 4.69) is 16.0 Å². The predicted molar refractivity (Wildman–Crippen MR) is 122 cm³/mol. The summed E-state index contributed by atoms with van der Waals surface area (Å²) in [5, 5.41) is 3.78. The lowest BCUT2D eigenvalue weighted by molar-refractivity contribution is 0.0953. The summed E-state index contributed by atoms with van der Waals surface area (Å²) in [4.78, 5) is 17.4. The highest BCUT2D eigenvalue weighted by atomic mass is 35.5. The quantitative estimate of drug-likeness (QED) is 0.461. The molecule has 30 heavy (non-hydrogen) atoms. The first-order chi connectivity index (χ1) is 14.5. The number of carbonyl (C=O) groups excluding carboxylic acids is 1. The van der Waals surface area contributed by atoms with E-state index < -0.39 is 0 Å². The summed E-state index contributed by atoms with van der Waals surface area (Å²) >= 11 is 6.39. The van der Waals surface area contributed by atoms with Gasteiger partial charge in [0.05, 0.1) is 17.6 Å². The van der Waals surface area contributed by atoms with Gasteiger partial charge in [-0.2, -0.15) is 0 Å². The normalized spacial score (nSPS) is 11.0. The van der Waals surface area contributed by atoms with Crippen molar-refractivity contribution in [2.45, 2.75) is 26.8 Å². The van der Waals surface area contributed by atoms with Crippen LogP contribution in [0.4, 0.5) is 0 Å². The maximum Gasteiger partial charge on any atom is 0.251 e. The second kappa shape index (κ2) is 8.72. The van der Waals surface area contributed by atoms with Crippen LogP contribution in [0.2, 0.25) is 5.02 Å². The molecule has 0 saturated carbocycles. The maximum atomic E-state index is 12.6. The largest absolute Gasteiger partial charge is 0.352 e. The molecule has 0 unspecified atom stereocenters. The average Bonchev–Trinajstić information content (AvgIpc) is 3.07. The third-order valence-corrected chi connectivity index (χ3v) is 5.65. The minimum Gasteiger partial charge on any atom is -0.352 e. The van der Waals surface area contributed by atoms with Crippen molar-refractivity contribution in [3.8, 4) is 0 Å². The fourth-order valence-electron chi connectivity index (χ4n) is 3.74. The molecule has 1 aromatic heterocycles. The predicted octanol–water partition coefficient (Wildman–Crippen LogP) is 5.33. The highest BCUT2D eigenvalue weighted by Crippen LogP contribution is 2.22. The molecule has 1 heterocycles. The lowest BCUT2D eigenvalue weighted by Crippen LogP contribution is -2.27. The van der Waals surface area contributed by atoms with Gasteiger partial charge in [0.1, 0.15) is 5.82 Å². The minimum atomic E-state index is -0.0544. The standard InChI is InChI=1S/C25H24ClN3O/c1-17-11-12-20(18(2)15-17)25(30)27-14-13-24-28-22-9-5-6-10-23(22)29(24)16-19-7-3-4-8-21(19)26/h3-12,15H,13-14,16H2,1-2H3,(H,27,30). The van der Waals surface area contributed by atoms with Crippen LogP contribution in [-0.4, -0.2) is 22.0 Å². The molecule has 1 N–H and O–H groups in total. The van der Waals surface area contributed by atoms with Crippen molar-refractivity contribution >= 4 is 28.5 Å². The van der Waals surface area contributed by atoms with Gasteiger partial charge >= 0.3 is 0 Å².